The third-order valence-electron chi connectivity index (χ3n) is 4.60. The van der Waals surface area contributed by atoms with Crippen molar-refractivity contribution in [3.8, 4) is 5.75 Å². The van der Waals surface area contributed by atoms with Gasteiger partial charge in [-0.15, -0.1) is 0 Å². The van der Waals surface area contributed by atoms with E-state index >= 15 is 0 Å². The van der Waals surface area contributed by atoms with E-state index < -0.39 is 35.3 Å². The van der Waals surface area contributed by atoms with Crippen LogP contribution in [0.15, 0.2) is 18.2 Å². The number of benzene rings is 1. The summed E-state index contributed by atoms with van der Waals surface area (Å²) in [5.74, 6) is -2.36. The van der Waals surface area contributed by atoms with Gasteiger partial charge in [0.05, 0.1) is 17.7 Å². The normalized spacial score (nSPS) is 14.5. The summed E-state index contributed by atoms with van der Waals surface area (Å²) in [4.78, 5) is 50.8. The molecule has 1 aromatic rings. The highest BCUT2D eigenvalue weighted by Gasteiger charge is 2.44. The molecule has 0 saturated heterocycles. The predicted octanol–water partition coefficient (Wildman–Crippen LogP) is 2.83. The predicted molar refractivity (Wildman–Crippen MR) is 110 cm³/mol. The van der Waals surface area contributed by atoms with Crippen molar-refractivity contribution in [2.24, 2.45) is 5.73 Å². The smallest absolute Gasteiger partial charge is 0.306 e. The van der Waals surface area contributed by atoms with Crippen LogP contribution in [-0.2, 0) is 14.3 Å². The Labute approximate surface area is 176 Å². The van der Waals surface area contributed by atoms with Crippen LogP contribution in [0.25, 0.3) is 0 Å². The van der Waals surface area contributed by atoms with Gasteiger partial charge in [0.2, 0.25) is 5.91 Å². The van der Waals surface area contributed by atoms with Crippen molar-refractivity contribution < 1.29 is 28.7 Å². The molecule has 8 heteroatoms. The van der Waals surface area contributed by atoms with Gasteiger partial charge in [-0.05, 0) is 45.7 Å². The molecule has 0 aromatic heterocycles. The van der Waals surface area contributed by atoms with Crippen LogP contribution in [0.2, 0.25) is 0 Å². The highest BCUT2D eigenvalue weighted by atomic mass is 16.6. The fourth-order valence-corrected chi connectivity index (χ4v) is 3.26. The maximum Gasteiger partial charge on any atom is 0.306 e. The van der Waals surface area contributed by atoms with Gasteiger partial charge in [0.25, 0.3) is 11.8 Å². The number of carbonyl (C=O) groups is 4. The molecule has 3 amide bonds. The van der Waals surface area contributed by atoms with Crippen LogP contribution < -0.4 is 10.5 Å². The average Bonchev–Trinajstić information content (AvgIpc) is 2.89. The molecule has 8 nitrogen and oxygen atoms in total. The summed E-state index contributed by atoms with van der Waals surface area (Å²) in [6, 6.07) is 3.51. The lowest BCUT2D eigenvalue weighted by Crippen LogP contribution is -2.48. The molecule has 1 aliphatic rings. The first kappa shape index (κ1) is 23.4. The summed E-state index contributed by atoms with van der Waals surface area (Å²) in [7, 11) is 0. The molecule has 30 heavy (non-hydrogen) atoms. The zero-order valence-corrected chi connectivity index (χ0v) is 18.0. The second-order valence-electron chi connectivity index (χ2n) is 8.26. The second kappa shape index (κ2) is 9.73. The number of esters is 1. The topological polar surface area (TPSA) is 116 Å². The zero-order valence-electron chi connectivity index (χ0n) is 18.0. The zero-order chi connectivity index (χ0) is 22.5. The number of amides is 3. The number of ether oxygens (including phenoxy) is 2. The third-order valence-corrected chi connectivity index (χ3v) is 4.60. The molecule has 1 atom stereocenters. The van der Waals surface area contributed by atoms with E-state index in [0.717, 1.165) is 24.2 Å². The summed E-state index contributed by atoms with van der Waals surface area (Å²) in [6.45, 7) is 7.67. The quantitative estimate of drug-likeness (QED) is 0.355. The molecule has 0 saturated carbocycles. The molecule has 0 bridgehead atoms. The fraction of sp³-hybridized carbons (Fsp3) is 0.545. The molecule has 1 heterocycles. The minimum Gasteiger partial charge on any atom is -0.493 e. The fourth-order valence-electron chi connectivity index (χ4n) is 3.26. The highest BCUT2D eigenvalue weighted by molar-refractivity contribution is 6.24. The Hall–Kier alpha value is -2.90. The lowest BCUT2D eigenvalue weighted by molar-refractivity contribution is -0.155. The summed E-state index contributed by atoms with van der Waals surface area (Å²) in [5.41, 5.74) is 5.08. The van der Waals surface area contributed by atoms with Gasteiger partial charge in [-0.2, -0.15) is 0 Å². The van der Waals surface area contributed by atoms with Crippen molar-refractivity contribution in [3.63, 3.8) is 0 Å². The summed E-state index contributed by atoms with van der Waals surface area (Å²) >= 11 is 0. The number of unbranched alkanes of at least 4 members (excludes halogenated alkanes) is 2. The number of rotatable bonds is 10. The monoisotopic (exact) mass is 418 g/mol. The number of nitrogens with zero attached hydrogens (tertiary/aromatic N) is 1. The summed E-state index contributed by atoms with van der Waals surface area (Å²) < 4.78 is 11.0. The molecule has 0 unspecified atom stereocenters. The van der Waals surface area contributed by atoms with Crippen LogP contribution in [-0.4, -0.2) is 46.8 Å². The number of nitrogens with two attached hydrogens (primary N) is 1. The molecule has 1 aliphatic heterocycles. The third kappa shape index (κ3) is 5.58. The Morgan fingerprint density at radius 2 is 1.83 bits per heavy atom. The van der Waals surface area contributed by atoms with Crippen molar-refractivity contribution in [2.45, 2.75) is 71.4 Å². The molecule has 2 rings (SSSR count). The van der Waals surface area contributed by atoms with Gasteiger partial charge in [-0.1, -0.05) is 25.8 Å². The highest BCUT2D eigenvalue weighted by Crippen LogP contribution is 2.33. The largest absolute Gasteiger partial charge is 0.493 e. The van der Waals surface area contributed by atoms with Gasteiger partial charge in [0.15, 0.2) is 0 Å². The Balaban J connectivity index is 2.19. The van der Waals surface area contributed by atoms with E-state index in [1.807, 2.05) is 0 Å². The standard InChI is InChI=1S/C22H30N2O6/c1-5-6-7-13-29-16-10-8-9-14-18(16)21(28)24(20(14)27)15(19(23)26)11-12-17(25)30-22(2,3)4/h8-10,15H,5-7,11-13H2,1-4H3,(H2,23,26)/t15-/m0/s1. The van der Waals surface area contributed by atoms with Crippen LogP contribution in [0.5, 0.6) is 5.75 Å². The number of primary amides is 1. The number of carbonyl (C=O) groups excluding carboxylic acids is 4. The van der Waals surface area contributed by atoms with E-state index in [0.29, 0.717) is 12.4 Å². The van der Waals surface area contributed by atoms with Crippen molar-refractivity contribution in [1.82, 2.24) is 4.90 Å². The maximum atomic E-state index is 13.0. The number of hydrogen-bond acceptors (Lipinski definition) is 6. The Bertz CT molecular complexity index is 827. The molecule has 164 valence electrons. The van der Waals surface area contributed by atoms with E-state index in [4.69, 9.17) is 15.2 Å². The number of hydrogen-bond donors (Lipinski definition) is 1. The van der Waals surface area contributed by atoms with Gasteiger partial charge < -0.3 is 15.2 Å². The van der Waals surface area contributed by atoms with Crippen LogP contribution in [0.3, 0.4) is 0 Å². The Kier molecular flexibility index (Phi) is 7.59. The van der Waals surface area contributed by atoms with E-state index in [1.54, 1.807) is 32.9 Å². The molecular formula is C22H30N2O6. The van der Waals surface area contributed by atoms with Crippen molar-refractivity contribution in [3.05, 3.63) is 29.3 Å². The minimum atomic E-state index is -1.25. The average molecular weight is 418 g/mol. The Morgan fingerprint density at radius 3 is 2.43 bits per heavy atom. The number of fused-ring (bicyclic) bond motifs is 1. The first-order valence-electron chi connectivity index (χ1n) is 10.2. The van der Waals surface area contributed by atoms with Crippen LogP contribution in [0.1, 0.15) is 80.5 Å². The first-order chi connectivity index (χ1) is 14.1. The molecule has 0 fully saturated rings. The second-order valence-corrected chi connectivity index (χ2v) is 8.26. The molecule has 0 spiro atoms. The van der Waals surface area contributed by atoms with E-state index in [-0.39, 0.29) is 24.0 Å². The maximum absolute atomic E-state index is 13.0. The van der Waals surface area contributed by atoms with Crippen molar-refractivity contribution in [2.75, 3.05) is 6.61 Å². The summed E-state index contributed by atoms with van der Waals surface area (Å²) in [5, 5.41) is 0. The van der Waals surface area contributed by atoms with Crippen LogP contribution >= 0.6 is 0 Å². The van der Waals surface area contributed by atoms with Gasteiger partial charge in [0, 0.05) is 6.42 Å². The van der Waals surface area contributed by atoms with Crippen molar-refractivity contribution >= 4 is 23.7 Å². The molecule has 2 N–H and O–H groups in total. The first-order valence-corrected chi connectivity index (χ1v) is 10.2. The van der Waals surface area contributed by atoms with Gasteiger partial charge in [0.1, 0.15) is 17.4 Å². The van der Waals surface area contributed by atoms with Gasteiger partial charge in [-0.3, -0.25) is 24.1 Å². The van der Waals surface area contributed by atoms with Crippen molar-refractivity contribution in [1.29, 1.82) is 0 Å². The van der Waals surface area contributed by atoms with E-state index in [1.165, 1.54) is 6.07 Å². The van der Waals surface area contributed by atoms with Gasteiger partial charge in [-0.25, -0.2) is 0 Å². The van der Waals surface area contributed by atoms with Crippen LogP contribution in [0.4, 0.5) is 0 Å². The summed E-state index contributed by atoms with van der Waals surface area (Å²) in [6.07, 6.45) is 2.58. The molecular weight excluding hydrogens is 388 g/mol. The molecule has 1 aromatic carbocycles. The van der Waals surface area contributed by atoms with E-state index in [9.17, 15) is 19.2 Å². The minimum absolute atomic E-state index is 0.109. The lowest BCUT2D eigenvalue weighted by atomic mass is 10.1. The van der Waals surface area contributed by atoms with Crippen LogP contribution in [0, 0.1) is 0 Å². The van der Waals surface area contributed by atoms with E-state index in [2.05, 4.69) is 6.92 Å². The molecule has 0 radical (unpaired) electrons. The van der Waals surface area contributed by atoms with Gasteiger partial charge >= 0.3 is 5.97 Å². The number of imide groups is 1. The lowest BCUT2D eigenvalue weighted by Gasteiger charge is -2.24. The SMILES string of the molecule is CCCCCOc1cccc2c1C(=O)N([C@@H](CCC(=O)OC(C)(C)C)C(N)=O)C2=O. The molecule has 0 aliphatic carbocycles. The Morgan fingerprint density at radius 1 is 1.13 bits per heavy atom.